The Labute approximate surface area is 130 Å². The van der Waals surface area contributed by atoms with Crippen LogP contribution in [0.4, 0.5) is 0 Å². The Morgan fingerprint density at radius 1 is 1.14 bits per heavy atom. The smallest absolute Gasteiger partial charge is 0.255 e. The molecule has 0 spiro atoms. The molecule has 1 aliphatic carbocycles. The molecule has 4 rings (SSSR count). The van der Waals surface area contributed by atoms with Gasteiger partial charge < -0.3 is 10.0 Å². The number of nitrogens with zero attached hydrogens (tertiary/aromatic N) is 1. The molecule has 0 radical (unpaired) electrons. The normalized spacial score (nSPS) is 20.0. The number of carbonyl (C=O) groups excluding carboxylic acids is 1. The molecule has 22 heavy (non-hydrogen) atoms. The van der Waals surface area contributed by atoms with Gasteiger partial charge in [0.2, 0.25) is 0 Å². The number of hydrogen-bond donors (Lipinski definition) is 1. The van der Waals surface area contributed by atoms with Crippen LogP contribution in [0.25, 0.3) is 0 Å². The van der Waals surface area contributed by atoms with Gasteiger partial charge in [-0.05, 0) is 48.9 Å². The standard InChI is InChI=1S/C19H19NO2/c1-12-17(21)10-9-14-11-20(19(22)18(12)14)16-8-4-6-13-5-2-3-7-15(13)16/h2-3,5,7,9-10,16,21H,4,6,8,11H2,1H3/t16-/m1/s1. The van der Waals surface area contributed by atoms with E-state index in [1.54, 1.807) is 6.07 Å². The molecule has 0 bridgehead atoms. The van der Waals surface area contributed by atoms with Gasteiger partial charge in [0, 0.05) is 12.1 Å². The quantitative estimate of drug-likeness (QED) is 0.870. The molecule has 1 atom stereocenters. The summed E-state index contributed by atoms with van der Waals surface area (Å²) < 4.78 is 0. The van der Waals surface area contributed by atoms with Gasteiger partial charge in [-0.2, -0.15) is 0 Å². The predicted molar refractivity (Wildman–Crippen MR) is 84.8 cm³/mol. The van der Waals surface area contributed by atoms with Crippen LogP contribution < -0.4 is 0 Å². The maximum atomic E-state index is 12.9. The molecule has 0 unspecified atom stereocenters. The Morgan fingerprint density at radius 3 is 2.82 bits per heavy atom. The molecule has 2 aromatic rings. The summed E-state index contributed by atoms with van der Waals surface area (Å²) in [4.78, 5) is 14.9. The Kier molecular flexibility index (Phi) is 2.96. The molecule has 3 heteroatoms. The zero-order chi connectivity index (χ0) is 15.3. The molecule has 3 nitrogen and oxygen atoms in total. The van der Waals surface area contributed by atoms with Crippen LogP contribution in [-0.4, -0.2) is 15.9 Å². The first-order chi connectivity index (χ1) is 10.7. The SMILES string of the molecule is Cc1c(O)ccc2c1C(=O)N([C@@H]1CCCc3ccccc31)C2. The Bertz CT molecular complexity index is 766. The number of carbonyl (C=O) groups is 1. The Balaban J connectivity index is 1.75. The first kappa shape index (κ1) is 13.4. The first-order valence-corrected chi connectivity index (χ1v) is 7.87. The fraction of sp³-hybridized carbons (Fsp3) is 0.316. The number of phenolic OH excluding ortho intramolecular Hbond substituents is 1. The number of rotatable bonds is 1. The largest absolute Gasteiger partial charge is 0.508 e. The number of aryl methyl sites for hydroxylation is 1. The average molecular weight is 293 g/mol. The number of fused-ring (bicyclic) bond motifs is 2. The maximum Gasteiger partial charge on any atom is 0.255 e. The summed E-state index contributed by atoms with van der Waals surface area (Å²) in [6, 6.07) is 12.2. The van der Waals surface area contributed by atoms with Crippen LogP contribution in [0.2, 0.25) is 0 Å². The van der Waals surface area contributed by atoms with E-state index in [1.807, 2.05) is 17.9 Å². The van der Waals surface area contributed by atoms with E-state index in [-0.39, 0.29) is 17.7 Å². The first-order valence-electron chi connectivity index (χ1n) is 7.87. The highest BCUT2D eigenvalue weighted by Gasteiger charge is 2.36. The average Bonchev–Trinajstić information content (AvgIpc) is 2.88. The number of amides is 1. The molecule has 1 aliphatic heterocycles. The summed E-state index contributed by atoms with van der Waals surface area (Å²) >= 11 is 0. The summed E-state index contributed by atoms with van der Waals surface area (Å²) in [5.41, 5.74) is 5.08. The van der Waals surface area contributed by atoms with Gasteiger partial charge in [0.05, 0.1) is 11.6 Å². The van der Waals surface area contributed by atoms with Gasteiger partial charge in [-0.3, -0.25) is 4.79 Å². The van der Waals surface area contributed by atoms with Crippen molar-refractivity contribution in [2.45, 2.75) is 38.8 Å². The van der Waals surface area contributed by atoms with E-state index in [2.05, 4.69) is 24.3 Å². The lowest BCUT2D eigenvalue weighted by molar-refractivity contribution is 0.0682. The third kappa shape index (κ3) is 1.85. The predicted octanol–water partition coefficient (Wildman–Crippen LogP) is 3.73. The van der Waals surface area contributed by atoms with Crippen LogP contribution in [0.15, 0.2) is 36.4 Å². The molecule has 0 saturated heterocycles. The molecule has 0 fully saturated rings. The van der Waals surface area contributed by atoms with Gasteiger partial charge in [0.15, 0.2) is 0 Å². The second-order valence-corrected chi connectivity index (χ2v) is 6.28. The molecular formula is C19H19NO2. The summed E-state index contributed by atoms with van der Waals surface area (Å²) in [6.07, 6.45) is 3.23. The minimum absolute atomic E-state index is 0.0603. The number of phenols is 1. The van der Waals surface area contributed by atoms with E-state index in [0.29, 0.717) is 17.7 Å². The monoisotopic (exact) mass is 293 g/mol. The highest BCUT2D eigenvalue weighted by Crippen LogP contribution is 2.40. The van der Waals surface area contributed by atoms with Gasteiger partial charge >= 0.3 is 0 Å². The van der Waals surface area contributed by atoms with Gasteiger partial charge in [0.1, 0.15) is 5.75 Å². The van der Waals surface area contributed by atoms with Crippen molar-refractivity contribution >= 4 is 5.91 Å². The molecule has 112 valence electrons. The van der Waals surface area contributed by atoms with E-state index in [1.165, 1.54) is 11.1 Å². The van der Waals surface area contributed by atoms with E-state index in [9.17, 15) is 9.90 Å². The van der Waals surface area contributed by atoms with Crippen LogP contribution in [0.3, 0.4) is 0 Å². The van der Waals surface area contributed by atoms with Crippen molar-refractivity contribution in [2.75, 3.05) is 0 Å². The van der Waals surface area contributed by atoms with Crippen molar-refractivity contribution in [1.29, 1.82) is 0 Å². The van der Waals surface area contributed by atoms with E-state index >= 15 is 0 Å². The Morgan fingerprint density at radius 2 is 1.95 bits per heavy atom. The topological polar surface area (TPSA) is 40.5 Å². The molecule has 1 heterocycles. The van der Waals surface area contributed by atoms with Crippen LogP contribution in [-0.2, 0) is 13.0 Å². The molecular weight excluding hydrogens is 274 g/mol. The minimum atomic E-state index is 0.0603. The van der Waals surface area contributed by atoms with Crippen molar-refractivity contribution in [3.63, 3.8) is 0 Å². The molecule has 0 aromatic heterocycles. The zero-order valence-corrected chi connectivity index (χ0v) is 12.7. The zero-order valence-electron chi connectivity index (χ0n) is 12.7. The summed E-state index contributed by atoms with van der Waals surface area (Å²) in [6.45, 7) is 2.47. The van der Waals surface area contributed by atoms with Crippen LogP contribution in [0, 0.1) is 6.92 Å². The van der Waals surface area contributed by atoms with E-state index in [4.69, 9.17) is 0 Å². The van der Waals surface area contributed by atoms with Crippen molar-refractivity contribution in [3.05, 3.63) is 64.2 Å². The second-order valence-electron chi connectivity index (χ2n) is 6.28. The highest BCUT2D eigenvalue weighted by molar-refractivity contribution is 6.00. The van der Waals surface area contributed by atoms with Crippen LogP contribution >= 0.6 is 0 Å². The summed E-state index contributed by atoms with van der Waals surface area (Å²) in [5, 5.41) is 9.88. The Hall–Kier alpha value is -2.29. The van der Waals surface area contributed by atoms with Crippen molar-refractivity contribution in [1.82, 2.24) is 4.90 Å². The lowest BCUT2D eigenvalue weighted by atomic mass is 9.87. The van der Waals surface area contributed by atoms with E-state index in [0.717, 1.165) is 24.8 Å². The van der Waals surface area contributed by atoms with Crippen molar-refractivity contribution in [2.24, 2.45) is 0 Å². The number of benzene rings is 2. The number of hydrogen-bond acceptors (Lipinski definition) is 2. The van der Waals surface area contributed by atoms with Gasteiger partial charge in [0.25, 0.3) is 5.91 Å². The van der Waals surface area contributed by atoms with E-state index < -0.39 is 0 Å². The molecule has 0 saturated carbocycles. The van der Waals surface area contributed by atoms with Gasteiger partial charge in [-0.1, -0.05) is 30.3 Å². The molecule has 1 N–H and O–H groups in total. The third-order valence-corrected chi connectivity index (χ3v) is 5.05. The van der Waals surface area contributed by atoms with Gasteiger partial charge in [-0.15, -0.1) is 0 Å². The lowest BCUT2D eigenvalue weighted by Crippen LogP contribution is -2.31. The number of aromatic hydroxyl groups is 1. The van der Waals surface area contributed by atoms with Crippen LogP contribution in [0.1, 0.15) is 51.5 Å². The molecule has 2 aromatic carbocycles. The van der Waals surface area contributed by atoms with Crippen LogP contribution in [0.5, 0.6) is 5.75 Å². The fourth-order valence-corrected chi connectivity index (χ4v) is 3.89. The molecule has 2 aliphatic rings. The van der Waals surface area contributed by atoms with Gasteiger partial charge in [-0.25, -0.2) is 0 Å². The van der Waals surface area contributed by atoms with Crippen molar-refractivity contribution < 1.29 is 9.90 Å². The fourth-order valence-electron chi connectivity index (χ4n) is 3.89. The summed E-state index contributed by atoms with van der Waals surface area (Å²) in [7, 11) is 0. The third-order valence-electron chi connectivity index (χ3n) is 5.05. The summed E-state index contributed by atoms with van der Waals surface area (Å²) in [5.74, 6) is 0.267. The second kappa shape index (κ2) is 4.87. The lowest BCUT2D eigenvalue weighted by Gasteiger charge is -2.33. The highest BCUT2D eigenvalue weighted by atomic mass is 16.3. The minimum Gasteiger partial charge on any atom is -0.508 e. The maximum absolute atomic E-state index is 12.9. The molecule has 1 amide bonds. The van der Waals surface area contributed by atoms with Crippen molar-refractivity contribution in [3.8, 4) is 5.75 Å².